The molecule has 10 heteroatoms. The summed E-state index contributed by atoms with van der Waals surface area (Å²) in [4.78, 5) is 18.6. The van der Waals surface area contributed by atoms with Crippen molar-refractivity contribution in [3.8, 4) is 0 Å². The maximum atomic E-state index is 13.4. The molecule has 33 heavy (non-hydrogen) atoms. The van der Waals surface area contributed by atoms with Crippen LogP contribution in [-0.2, 0) is 21.2 Å². The number of anilines is 1. The van der Waals surface area contributed by atoms with Crippen LogP contribution >= 0.6 is 0 Å². The van der Waals surface area contributed by atoms with E-state index in [4.69, 9.17) is 0 Å². The molecule has 1 atom stereocenters. The van der Waals surface area contributed by atoms with E-state index < -0.39 is 22.2 Å². The Labute approximate surface area is 193 Å². The second kappa shape index (κ2) is 10.8. The van der Waals surface area contributed by atoms with Gasteiger partial charge in [0, 0.05) is 13.1 Å². The van der Waals surface area contributed by atoms with Gasteiger partial charge in [-0.3, -0.25) is 5.32 Å². The van der Waals surface area contributed by atoms with Crippen LogP contribution in [0.15, 0.2) is 53.4 Å². The van der Waals surface area contributed by atoms with Crippen LogP contribution in [0.4, 0.5) is 10.7 Å². The van der Waals surface area contributed by atoms with Crippen molar-refractivity contribution in [1.29, 1.82) is 0 Å². The van der Waals surface area contributed by atoms with Gasteiger partial charge in [-0.15, -0.1) is 0 Å². The van der Waals surface area contributed by atoms with Crippen molar-refractivity contribution in [2.75, 3.05) is 25.5 Å². The Hall–Kier alpha value is -2.95. The molecule has 1 aromatic heterocycles. The number of nitrogens with zero attached hydrogens (tertiary/aromatic N) is 2. The van der Waals surface area contributed by atoms with Crippen LogP contribution in [0.1, 0.15) is 19.4 Å². The van der Waals surface area contributed by atoms with Crippen LogP contribution in [0, 0.1) is 12.3 Å². The van der Waals surface area contributed by atoms with Crippen molar-refractivity contribution < 1.29 is 23.1 Å². The zero-order valence-corrected chi connectivity index (χ0v) is 19.7. The molecule has 0 unspecified atom stereocenters. The van der Waals surface area contributed by atoms with E-state index in [1.807, 2.05) is 44.2 Å². The Balaban J connectivity index is 1.79. The summed E-state index contributed by atoms with van der Waals surface area (Å²) in [5, 5.41) is 13.0. The smallest absolute Gasteiger partial charge is 0.413 e. The molecular formula is C23H29N4O5S. The number of nitrogens with one attached hydrogen (secondary N) is 2. The number of benzene rings is 2. The average molecular weight is 474 g/mol. The number of carbonyl (C=O) groups excluding carboxylic acids is 1. The normalized spacial score (nSPS) is 12.9. The Morgan fingerprint density at radius 2 is 1.94 bits per heavy atom. The number of aliphatic hydroxyl groups is 1. The van der Waals surface area contributed by atoms with Crippen LogP contribution in [0.5, 0.6) is 0 Å². The number of aromatic amines is 1. The monoisotopic (exact) mass is 473 g/mol. The van der Waals surface area contributed by atoms with E-state index in [0.29, 0.717) is 17.5 Å². The zero-order valence-electron chi connectivity index (χ0n) is 18.9. The standard InChI is InChI=1S/C23H29N4O5S/c1-16(2)14-27(15-18(28)10-9-17-7-5-4-6-8-17)33(30,31)19-11-12-20-21(13-19)25-22(24-20)26-23(29)32-3/h4-8,10-13,16,18,28H,9,14-15H2,1-3H3,(H2,24,25,26,29)/t18-/m1/s1. The van der Waals surface area contributed by atoms with Crippen LogP contribution in [-0.4, -0.2) is 60.2 Å². The zero-order chi connectivity index (χ0) is 24.0. The van der Waals surface area contributed by atoms with Gasteiger partial charge in [0.05, 0.1) is 29.1 Å². The summed E-state index contributed by atoms with van der Waals surface area (Å²) in [6.07, 6.45) is 0.626. The van der Waals surface area contributed by atoms with Crippen molar-refractivity contribution in [2.45, 2.75) is 31.3 Å². The highest BCUT2D eigenvalue weighted by Crippen LogP contribution is 2.23. The predicted molar refractivity (Wildman–Crippen MR) is 126 cm³/mol. The van der Waals surface area contributed by atoms with Gasteiger partial charge < -0.3 is 14.8 Å². The Morgan fingerprint density at radius 1 is 1.21 bits per heavy atom. The van der Waals surface area contributed by atoms with E-state index in [2.05, 4.69) is 20.0 Å². The molecule has 0 bridgehead atoms. The van der Waals surface area contributed by atoms with Gasteiger partial charge >= 0.3 is 6.09 Å². The highest BCUT2D eigenvalue weighted by Gasteiger charge is 2.28. The van der Waals surface area contributed by atoms with Crippen LogP contribution in [0.2, 0.25) is 0 Å². The molecule has 1 heterocycles. The molecular weight excluding hydrogens is 444 g/mol. The molecule has 0 aliphatic rings. The number of aromatic nitrogens is 2. The first-order valence-corrected chi connectivity index (χ1v) is 12.0. The number of hydrogen-bond acceptors (Lipinski definition) is 6. The summed E-state index contributed by atoms with van der Waals surface area (Å²) < 4.78 is 32.7. The van der Waals surface area contributed by atoms with Gasteiger partial charge in [0.25, 0.3) is 0 Å². The van der Waals surface area contributed by atoms with Crippen molar-refractivity contribution in [2.24, 2.45) is 5.92 Å². The number of H-pyrrole nitrogens is 1. The van der Waals surface area contributed by atoms with Gasteiger partial charge in [0.15, 0.2) is 0 Å². The molecule has 0 saturated heterocycles. The maximum absolute atomic E-state index is 13.4. The number of rotatable bonds is 10. The first kappa shape index (κ1) is 24.7. The van der Waals surface area contributed by atoms with E-state index in [1.165, 1.54) is 23.5 Å². The van der Waals surface area contributed by atoms with Gasteiger partial charge in [-0.25, -0.2) is 18.2 Å². The summed E-state index contributed by atoms with van der Waals surface area (Å²) in [5.41, 5.74) is 1.98. The first-order chi connectivity index (χ1) is 15.7. The molecule has 0 saturated carbocycles. The van der Waals surface area contributed by atoms with E-state index in [1.54, 1.807) is 12.5 Å². The fraction of sp³-hybridized carbons (Fsp3) is 0.348. The quantitative estimate of drug-likeness (QED) is 0.415. The molecule has 3 N–H and O–H groups in total. The van der Waals surface area contributed by atoms with E-state index >= 15 is 0 Å². The van der Waals surface area contributed by atoms with E-state index in [9.17, 15) is 18.3 Å². The first-order valence-electron chi connectivity index (χ1n) is 10.6. The molecule has 0 spiro atoms. The number of hydrogen-bond donors (Lipinski definition) is 3. The second-order valence-electron chi connectivity index (χ2n) is 8.09. The van der Waals surface area contributed by atoms with Crippen molar-refractivity contribution in [1.82, 2.24) is 14.3 Å². The summed E-state index contributed by atoms with van der Waals surface area (Å²) in [6.45, 7) is 4.04. The summed E-state index contributed by atoms with van der Waals surface area (Å²) in [7, 11) is -2.66. The number of sulfonamides is 1. The lowest BCUT2D eigenvalue weighted by molar-refractivity contribution is 0.167. The number of ether oxygens (including phenoxy) is 1. The molecule has 0 aliphatic carbocycles. The highest BCUT2D eigenvalue weighted by atomic mass is 32.2. The third-order valence-corrected chi connectivity index (χ3v) is 6.75. The molecule has 3 aromatic rings. The number of methoxy groups -OCH3 is 1. The maximum Gasteiger partial charge on any atom is 0.413 e. The molecule has 1 amide bonds. The third-order valence-electron chi connectivity index (χ3n) is 4.93. The molecule has 177 valence electrons. The largest absolute Gasteiger partial charge is 0.453 e. The highest BCUT2D eigenvalue weighted by molar-refractivity contribution is 7.89. The van der Waals surface area contributed by atoms with Crippen LogP contribution in [0.3, 0.4) is 0 Å². The summed E-state index contributed by atoms with van der Waals surface area (Å²) >= 11 is 0. The number of carbonyl (C=O) groups is 1. The van der Waals surface area contributed by atoms with Crippen molar-refractivity contribution >= 4 is 33.1 Å². The number of amides is 1. The van der Waals surface area contributed by atoms with Gasteiger partial charge in [-0.2, -0.15) is 4.31 Å². The molecule has 3 rings (SSSR count). The minimum absolute atomic E-state index is 0.0545. The van der Waals surface area contributed by atoms with Gasteiger partial charge in [0.1, 0.15) is 0 Å². The number of fused-ring (bicyclic) bond motifs is 1. The molecule has 0 aliphatic heterocycles. The van der Waals surface area contributed by atoms with E-state index in [0.717, 1.165) is 5.56 Å². The Morgan fingerprint density at radius 3 is 2.61 bits per heavy atom. The van der Waals surface area contributed by atoms with Crippen LogP contribution < -0.4 is 5.32 Å². The lowest BCUT2D eigenvalue weighted by atomic mass is 10.1. The number of aliphatic hydroxyl groups excluding tert-OH is 1. The minimum Gasteiger partial charge on any atom is -0.453 e. The van der Waals surface area contributed by atoms with Gasteiger partial charge in [-0.1, -0.05) is 44.2 Å². The fourth-order valence-electron chi connectivity index (χ4n) is 3.35. The van der Waals surface area contributed by atoms with E-state index in [-0.39, 0.29) is 29.9 Å². The second-order valence-corrected chi connectivity index (χ2v) is 10.0. The molecule has 1 radical (unpaired) electrons. The summed E-state index contributed by atoms with van der Waals surface area (Å²) in [6, 6.07) is 14.2. The fourth-order valence-corrected chi connectivity index (χ4v) is 4.99. The predicted octanol–water partition coefficient (Wildman–Crippen LogP) is 3.20. The number of imidazole rings is 1. The Bertz CT molecular complexity index is 1180. The Kier molecular flexibility index (Phi) is 8.06. The minimum atomic E-state index is -3.90. The average Bonchev–Trinajstić information content (AvgIpc) is 3.19. The third kappa shape index (κ3) is 6.53. The van der Waals surface area contributed by atoms with Gasteiger partial charge in [0.2, 0.25) is 16.0 Å². The topological polar surface area (TPSA) is 125 Å². The lowest BCUT2D eigenvalue weighted by Crippen LogP contribution is -2.40. The van der Waals surface area contributed by atoms with Crippen molar-refractivity contribution in [3.63, 3.8) is 0 Å². The van der Waals surface area contributed by atoms with Crippen LogP contribution in [0.25, 0.3) is 11.0 Å². The molecule has 0 fully saturated rings. The van der Waals surface area contributed by atoms with Gasteiger partial charge in [-0.05, 0) is 42.5 Å². The molecule has 9 nitrogen and oxygen atoms in total. The lowest BCUT2D eigenvalue weighted by Gasteiger charge is -2.26. The molecule has 2 aromatic carbocycles. The summed E-state index contributed by atoms with van der Waals surface area (Å²) in [5.74, 6) is 0.211. The SMILES string of the molecule is COC(=O)Nc1nc2cc(S(=O)(=O)N(CC(C)C)C[C@H](O)[CH]Cc3ccccc3)ccc2[nH]1. The van der Waals surface area contributed by atoms with Crippen molar-refractivity contribution in [3.05, 3.63) is 60.5 Å².